The van der Waals surface area contributed by atoms with Gasteiger partial charge in [-0.05, 0) is 202 Å². The van der Waals surface area contributed by atoms with Gasteiger partial charge < -0.3 is 9.80 Å². The van der Waals surface area contributed by atoms with Crippen LogP contribution in [0.2, 0.25) is 0 Å². The fourth-order valence-electron chi connectivity index (χ4n) is 18.4. The first kappa shape index (κ1) is 62.8. The summed E-state index contributed by atoms with van der Waals surface area (Å²) in [6, 6.07) is 145. The van der Waals surface area contributed by atoms with Crippen LogP contribution in [0.5, 0.6) is 0 Å². The molecule has 0 amide bonds. The maximum Gasteiger partial charge on any atom is 0.184 e. The lowest BCUT2D eigenvalue weighted by Crippen LogP contribution is -2.78. The molecule has 2 nitrogen and oxygen atoms in total. The Bertz CT molecular complexity index is 6200. The molecule has 2 aliphatic carbocycles. The van der Waals surface area contributed by atoms with Crippen molar-refractivity contribution in [3.05, 3.63) is 423 Å². The molecule has 4 heteroatoms. The number of nitrogens with zero attached hydrogens (tertiary/aromatic N) is 2. The molecule has 0 unspecified atom stereocenters. The molecule has 17 aromatic carbocycles. The number of benzene rings is 17. The highest BCUT2D eigenvalue weighted by molar-refractivity contribution is 7.22. The molecule has 0 bridgehead atoms. The van der Waals surface area contributed by atoms with E-state index in [1.807, 2.05) is 0 Å². The van der Waals surface area contributed by atoms with Crippen molar-refractivity contribution in [3.8, 4) is 44.5 Å². The molecule has 21 rings (SSSR count). The molecule has 0 saturated heterocycles. The number of anilines is 6. The lowest BCUT2D eigenvalue weighted by Gasteiger charge is -2.47. The van der Waals surface area contributed by atoms with Crippen LogP contribution in [0.25, 0.3) is 89.0 Å². The van der Waals surface area contributed by atoms with E-state index in [9.17, 15) is 0 Å². The molecule has 0 atom stereocenters. The lowest BCUT2D eigenvalue weighted by molar-refractivity contribution is 1.25. The molecule has 17 aromatic rings. The van der Waals surface area contributed by atoms with Gasteiger partial charge in [0, 0.05) is 34.1 Å². The molecule has 0 N–H and O–H groups in total. The Balaban J connectivity index is 0.000000141. The van der Waals surface area contributed by atoms with Gasteiger partial charge in [-0.2, -0.15) is 0 Å². The summed E-state index contributed by atoms with van der Waals surface area (Å²) in [5.41, 5.74) is 22.8. The fraction of sp³-hybridized carbons (Fsp3) is 0.0196. The monoisotopic (exact) mass is 1380 g/mol. The van der Waals surface area contributed by atoms with Crippen molar-refractivity contribution in [3.63, 3.8) is 0 Å². The molecular weight excluding hydrogens is 1310 g/mol. The first-order valence-corrected chi connectivity index (χ1v) is 41.1. The molecule has 498 valence electrons. The van der Waals surface area contributed by atoms with E-state index in [1.54, 1.807) is 0 Å². The number of hydrogen-bond acceptors (Lipinski definition) is 2. The van der Waals surface area contributed by atoms with E-state index >= 15 is 0 Å². The van der Waals surface area contributed by atoms with Crippen LogP contribution in [-0.2, 0) is 12.8 Å². The van der Waals surface area contributed by atoms with Crippen molar-refractivity contribution in [1.29, 1.82) is 0 Å². The minimum atomic E-state index is -2.96. The Morgan fingerprint density at radius 3 is 0.991 bits per heavy atom. The third kappa shape index (κ3) is 10.1. The molecule has 0 radical (unpaired) electrons. The van der Waals surface area contributed by atoms with Crippen LogP contribution in [0.15, 0.2) is 400 Å². The Kier molecular flexibility index (Phi) is 15.4. The van der Waals surface area contributed by atoms with Crippen molar-refractivity contribution >= 4 is 136 Å². The van der Waals surface area contributed by atoms with Crippen molar-refractivity contribution in [2.45, 2.75) is 12.8 Å². The maximum atomic E-state index is 2.57. The highest BCUT2D eigenvalue weighted by Crippen LogP contribution is 2.47. The average Bonchev–Trinajstić information content (AvgIpc) is 0.685. The SMILES string of the molecule is C1=Cc2cccc3cc4c(c(c23)C1)[Si](c1ccccc1)(c1ccccc1)c1cc(-c2ccccc2)ccc1N4c1ccc(-c2cccc3ccccc23)cc1.C1=Cc2cccc3cc4c(c(c23)C1)[Si](c1ccccc1)(c1ccccc1)c1cc(-c2ccccc2)ccc1N4c1ccc(-c2ccccc2)cc1. The molecule has 106 heavy (non-hydrogen) atoms. The highest BCUT2D eigenvalue weighted by Gasteiger charge is 2.53. The third-order valence-corrected chi connectivity index (χ3v) is 32.6. The summed E-state index contributed by atoms with van der Waals surface area (Å²) < 4.78 is 0. The second-order valence-corrected chi connectivity index (χ2v) is 35.8. The molecule has 0 saturated carbocycles. The van der Waals surface area contributed by atoms with Gasteiger partial charge in [0.05, 0.1) is 0 Å². The minimum absolute atomic E-state index is 0.896. The maximum absolute atomic E-state index is 2.96. The van der Waals surface area contributed by atoms with E-state index < -0.39 is 16.1 Å². The summed E-state index contributed by atoms with van der Waals surface area (Å²) in [4.78, 5) is 5.14. The zero-order valence-electron chi connectivity index (χ0n) is 58.6. The Labute approximate surface area is 621 Å². The van der Waals surface area contributed by atoms with Gasteiger partial charge in [0.15, 0.2) is 16.1 Å². The molecule has 0 aromatic heterocycles. The van der Waals surface area contributed by atoms with Crippen LogP contribution in [0, 0.1) is 0 Å². The van der Waals surface area contributed by atoms with Crippen molar-refractivity contribution in [1.82, 2.24) is 0 Å². The van der Waals surface area contributed by atoms with Crippen LogP contribution in [-0.4, -0.2) is 16.1 Å². The first-order chi connectivity index (χ1) is 52.6. The second kappa shape index (κ2) is 26.1. The van der Waals surface area contributed by atoms with Crippen LogP contribution in [0.4, 0.5) is 34.1 Å². The van der Waals surface area contributed by atoms with E-state index in [1.165, 1.54) is 169 Å². The second-order valence-electron chi connectivity index (χ2n) is 28.4. The molecule has 4 aliphatic rings. The molecule has 0 spiro atoms. The predicted molar refractivity (Wildman–Crippen MR) is 456 cm³/mol. The summed E-state index contributed by atoms with van der Waals surface area (Å²) in [6.45, 7) is 0. The quantitative estimate of drug-likeness (QED) is 0.126. The fourth-order valence-corrected chi connectivity index (χ4v) is 29.1. The largest absolute Gasteiger partial charge is 0.311 e. The smallest absolute Gasteiger partial charge is 0.184 e. The number of rotatable bonds is 10. The molecular formula is C102H72N2Si2. The van der Waals surface area contributed by atoms with Crippen molar-refractivity contribution in [2.75, 3.05) is 9.80 Å². The van der Waals surface area contributed by atoms with Crippen molar-refractivity contribution < 1.29 is 0 Å². The summed E-state index contributed by atoms with van der Waals surface area (Å²) in [7, 11) is -5.88. The first-order valence-electron chi connectivity index (χ1n) is 37.1. The van der Waals surface area contributed by atoms with E-state index in [-0.39, 0.29) is 0 Å². The predicted octanol–water partition coefficient (Wildman–Crippen LogP) is 21.0. The third-order valence-electron chi connectivity index (χ3n) is 22.8. The Morgan fingerprint density at radius 1 is 0.236 bits per heavy atom. The number of hydrogen-bond donors (Lipinski definition) is 0. The lowest BCUT2D eigenvalue weighted by atomic mass is 9.91. The average molecular weight is 1380 g/mol. The standard InChI is InChI=1S/C53H37NSi.C49H35NSi/c1-4-15-37(16-5-1)41-31-34-49-51(36-41)55(44-22-6-2-7-23-44,45-24-8-3-9-25-45)53-48-28-14-20-40-19-12-21-42(52(40)48)35-50(53)54(49)43-32-29-39(30-33-43)47-27-13-18-38-17-10-11-26-46(38)47;1-5-15-35(16-6-1)37-27-30-41(31-28-37)50-45-32-29-39(36-17-7-2-8-18-36)34-47(45)51(42-22-9-3-10-23-42,43-24-11-4-12-25-43)49-44-26-14-20-38-19-13-21-40(48(38)44)33-46(49)50/h1-27,29-36H,28H2;1-25,27-34H,26H2. The van der Waals surface area contributed by atoms with Gasteiger partial charge >= 0.3 is 0 Å². The normalized spacial score (nSPS) is 13.8. The van der Waals surface area contributed by atoms with E-state index in [4.69, 9.17) is 0 Å². The van der Waals surface area contributed by atoms with Crippen LogP contribution >= 0.6 is 0 Å². The summed E-state index contributed by atoms with van der Waals surface area (Å²) in [5, 5.41) is 19.4. The zero-order valence-corrected chi connectivity index (χ0v) is 60.6. The minimum Gasteiger partial charge on any atom is -0.311 e. The van der Waals surface area contributed by atoms with Gasteiger partial charge in [-0.1, -0.05) is 364 Å². The van der Waals surface area contributed by atoms with Gasteiger partial charge in [0.2, 0.25) is 0 Å². The van der Waals surface area contributed by atoms with Gasteiger partial charge in [-0.15, -0.1) is 0 Å². The van der Waals surface area contributed by atoms with E-state index in [2.05, 4.69) is 422 Å². The Hall–Kier alpha value is -13.0. The van der Waals surface area contributed by atoms with Crippen molar-refractivity contribution in [2.24, 2.45) is 0 Å². The van der Waals surface area contributed by atoms with Crippen LogP contribution in [0.1, 0.15) is 22.3 Å². The summed E-state index contributed by atoms with van der Waals surface area (Å²) in [6.07, 6.45) is 11.2. The van der Waals surface area contributed by atoms with E-state index in [0.29, 0.717) is 0 Å². The molecule has 2 aliphatic heterocycles. The van der Waals surface area contributed by atoms with E-state index in [0.717, 1.165) is 18.5 Å². The topological polar surface area (TPSA) is 6.48 Å². The summed E-state index contributed by atoms with van der Waals surface area (Å²) >= 11 is 0. The van der Waals surface area contributed by atoms with Gasteiger partial charge in [-0.3, -0.25) is 0 Å². The van der Waals surface area contributed by atoms with Gasteiger partial charge in [-0.25, -0.2) is 0 Å². The number of fused-ring (bicyclic) bond motifs is 7. The summed E-state index contributed by atoms with van der Waals surface area (Å²) in [5.74, 6) is 0. The molecule has 2 heterocycles. The van der Waals surface area contributed by atoms with Gasteiger partial charge in [0.25, 0.3) is 0 Å². The Morgan fingerprint density at radius 2 is 0.566 bits per heavy atom. The van der Waals surface area contributed by atoms with Crippen LogP contribution in [0.3, 0.4) is 0 Å². The zero-order chi connectivity index (χ0) is 70.1. The highest BCUT2D eigenvalue weighted by atomic mass is 28.3. The van der Waals surface area contributed by atoms with Gasteiger partial charge in [0.1, 0.15) is 0 Å². The molecule has 0 fully saturated rings. The number of allylic oxidation sites excluding steroid dienone is 2. The van der Waals surface area contributed by atoms with Crippen LogP contribution < -0.4 is 51.3 Å².